The molecule has 0 bridgehead atoms. The topological polar surface area (TPSA) is 73.0 Å². The van der Waals surface area contributed by atoms with Crippen LogP contribution in [0.2, 0.25) is 0 Å². The van der Waals surface area contributed by atoms with E-state index in [2.05, 4.69) is 41.9 Å². The van der Waals surface area contributed by atoms with Crippen LogP contribution in [0, 0.1) is 13.8 Å². The molecule has 1 unspecified atom stereocenters. The molecule has 1 spiro atoms. The summed E-state index contributed by atoms with van der Waals surface area (Å²) in [6.45, 7) is 7.75. The molecule has 1 saturated heterocycles. The Bertz CT molecular complexity index is 1230. The van der Waals surface area contributed by atoms with Crippen LogP contribution in [0.15, 0.2) is 52.2 Å². The molecule has 2 aliphatic heterocycles. The molecule has 0 N–H and O–H groups in total. The molecular weight excluding hydrogens is 390 g/mol. The van der Waals surface area contributed by atoms with Gasteiger partial charge in [0.25, 0.3) is 0 Å². The van der Waals surface area contributed by atoms with Crippen LogP contribution < -0.4 is 11.1 Å². The summed E-state index contributed by atoms with van der Waals surface area (Å²) in [6.07, 6.45) is 3.49. The lowest BCUT2D eigenvalue weighted by atomic mass is 9.85. The van der Waals surface area contributed by atoms with Gasteiger partial charge in [0, 0.05) is 31.2 Å². The quantitative estimate of drug-likeness (QED) is 0.607. The highest BCUT2D eigenvalue weighted by molar-refractivity contribution is 5.29. The zero-order valence-electron chi connectivity index (χ0n) is 18.0. The highest BCUT2D eigenvalue weighted by Crippen LogP contribution is 2.40. The molecule has 4 heterocycles. The largest absolute Gasteiger partial charge is 0.332 e. The van der Waals surface area contributed by atoms with E-state index in [1.807, 2.05) is 18.2 Å². The number of hydrogen-bond donors (Lipinski definition) is 0. The molecule has 2 aromatic heterocycles. The summed E-state index contributed by atoms with van der Waals surface area (Å²) in [5.41, 5.74) is 3.39. The molecule has 3 aromatic rings. The normalized spacial score (nSPS) is 20.5. The van der Waals surface area contributed by atoms with Crippen LogP contribution in [0.5, 0.6) is 0 Å². The molecule has 7 nitrogen and oxygen atoms in total. The van der Waals surface area contributed by atoms with Gasteiger partial charge < -0.3 is 0 Å². The van der Waals surface area contributed by atoms with Gasteiger partial charge in [-0.05, 0) is 50.9 Å². The monoisotopic (exact) mass is 417 g/mol. The summed E-state index contributed by atoms with van der Waals surface area (Å²) in [6, 6.07) is 12.2. The molecule has 1 fully saturated rings. The SMILES string of the molecule is Cc1cc(C)cc(CN2CCC3(CCn4c3nn(Cc3ccccn3)c(=O)c4=O)C2)c1. The Hall–Kier alpha value is -3.06. The number of hydrogen-bond acceptors (Lipinski definition) is 5. The van der Waals surface area contributed by atoms with E-state index in [1.165, 1.54) is 21.4 Å². The highest BCUT2D eigenvalue weighted by atomic mass is 16.2. The highest BCUT2D eigenvalue weighted by Gasteiger charge is 2.47. The molecule has 0 saturated carbocycles. The van der Waals surface area contributed by atoms with Gasteiger partial charge >= 0.3 is 11.1 Å². The Labute approximate surface area is 181 Å². The van der Waals surface area contributed by atoms with Crippen LogP contribution >= 0.6 is 0 Å². The molecule has 1 aromatic carbocycles. The summed E-state index contributed by atoms with van der Waals surface area (Å²) in [7, 11) is 0. The van der Waals surface area contributed by atoms with Crippen LogP contribution in [0.3, 0.4) is 0 Å². The standard InChI is InChI=1S/C24H27N5O2/c1-17-11-18(2)13-19(12-17)14-27-9-6-24(16-27)7-10-28-21(30)22(31)29(26-23(24)28)15-20-5-3-4-8-25-20/h3-5,8,11-13H,6-7,9-10,14-16H2,1-2H3. The van der Waals surface area contributed by atoms with Gasteiger partial charge in [-0.2, -0.15) is 5.10 Å². The lowest BCUT2D eigenvalue weighted by molar-refractivity contribution is 0.298. The van der Waals surface area contributed by atoms with Crippen molar-refractivity contribution < 1.29 is 0 Å². The second-order valence-corrected chi connectivity index (χ2v) is 9.05. The number of benzene rings is 1. The summed E-state index contributed by atoms with van der Waals surface area (Å²) < 4.78 is 2.91. The zero-order chi connectivity index (χ0) is 21.6. The molecule has 31 heavy (non-hydrogen) atoms. The molecule has 2 aliphatic rings. The number of likely N-dealkylation sites (tertiary alicyclic amines) is 1. The maximum Gasteiger partial charge on any atom is 0.332 e. The minimum atomic E-state index is -0.573. The first-order valence-electron chi connectivity index (χ1n) is 10.9. The summed E-state index contributed by atoms with van der Waals surface area (Å²) in [5.74, 6) is 0.760. The van der Waals surface area contributed by atoms with Crippen LogP contribution in [-0.4, -0.2) is 37.3 Å². The van der Waals surface area contributed by atoms with Crippen molar-refractivity contribution in [2.45, 2.75) is 51.7 Å². The second-order valence-electron chi connectivity index (χ2n) is 9.05. The fourth-order valence-electron chi connectivity index (χ4n) is 5.22. The summed E-state index contributed by atoms with van der Waals surface area (Å²) in [4.78, 5) is 32.2. The molecule has 5 rings (SSSR count). The van der Waals surface area contributed by atoms with Gasteiger partial charge in [0.05, 0.1) is 12.2 Å². The third kappa shape index (κ3) is 3.63. The third-order valence-electron chi connectivity index (χ3n) is 6.58. The number of fused-ring (bicyclic) bond motifs is 2. The number of nitrogens with zero attached hydrogens (tertiary/aromatic N) is 5. The Balaban J connectivity index is 1.44. The van der Waals surface area contributed by atoms with Gasteiger partial charge in [0.15, 0.2) is 0 Å². The van der Waals surface area contributed by atoms with Crippen molar-refractivity contribution in [3.8, 4) is 0 Å². The summed E-state index contributed by atoms with van der Waals surface area (Å²) >= 11 is 0. The van der Waals surface area contributed by atoms with Crippen molar-refractivity contribution in [2.24, 2.45) is 0 Å². The zero-order valence-corrected chi connectivity index (χ0v) is 18.0. The Morgan fingerprint density at radius 1 is 0.968 bits per heavy atom. The minimum absolute atomic E-state index is 0.169. The number of aromatic nitrogens is 4. The van der Waals surface area contributed by atoms with E-state index in [0.717, 1.165) is 44.0 Å². The lowest BCUT2D eigenvalue weighted by Gasteiger charge is -2.24. The van der Waals surface area contributed by atoms with Crippen LogP contribution in [0.25, 0.3) is 0 Å². The Kier molecular flexibility index (Phi) is 4.85. The third-order valence-corrected chi connectivity index (χ3v) is 6.58. The van der Waals surface area contributed by atoms with Crippen molar-refractivity contribution in [3.05, 3.63) is 91.5 Å². The van der Waals surface area contributed by atoms with E-state index in [9.17, 15) is 9.59 Å². The van der Waals surface area contributed by atoms with Crippen molar-refractivity contribution >= 4 is 0 Å². The van der Waals surface area contributed by atoms with Crippen molar-refractivity contribution in [3.63, 3.8) is 0 Å². The van der Waals surface area contributed by atoms with E-state index in [1.54, 1.807) is 10.8 Å². The maximum atomic E-state index is 12.8. The second kappa shape index (κ2) is 7.57. The van der Waals surface area contributed by atoms with Gasteiger partial charge in [0.1, 0.15) is 5.82 Å². The molecule has 0 amide bonds. The van der Waals surface area contributed by atoms with E-state index in [4.69, 9.17) is 5.10 Å². The minimum Gasteiger partial charge on any atom is -0.298 e. The van der Waals surface area contributed by atoms with Gasteiger partial charge in [-0.15, -0.1) is 0 Å². The van der Waals surface area contributed by atoms with E-state index < -0.39 is 11.1 Å². The number of pyridine rings is 1. The van der Waals surface area contributed by atoms with Crippen molar-refractivity contribution in [1.82, 2.24) is 24.2 Å². The van der Waals surface area contributed by atoms with Gasteiger partial charge in [-0.25, -0.2) is 4.68 Å². The molecule has 1 atom stereocenters. The average Bonchev–Trinajstić information content (AvgIpc) is 3.30. The van der Waals surface area contributed by atoms with Crippen LogP contribution in [0.4, 0.5) is 0 Å². The van der Waals surface area contributed by atoms with Gasteiger partial charge in [-0.3, -0.25) is 24.0 Å². The first-order valence-corrected chi connectivity index (χ1v) is 10.9. The summed E-state index contributed by atoms with van der Waals surface area (Å²) in [5, 5.41) is 4.71. The van der Waals surface area contributed by atoms with E-state index in [-0.39, 0.29) is 12.0 Å². The van der Waals surface area contributed by atoms with Crippen LogP contribution in [0.1, 0.15) is 41.1 Å². The first-order chi connectivity index (χ1) is 14.9. The van der Waals surface area contributed by atoms with Gasteiger partial charge in [0.2, 0.25) is 0 Å². The fourth-order valence-corrected chi connectivity index (χ4v) is 5.22. The van der Waals surface area contributed by atoms with Crippen molar-refractivity contribution in [1.29, 1.82) is 0 Å². The smallest absolute Gasteiger partial charge is 0.298 e. The maximum absolute atomic E-state index is 12.8. The molecule has 0 radical (unpaired) electrons. The predicted molar refractivity (Wildman–Crippen MR) is 118 cm³/mol. The van der Waals surface area contributed by atoms with Gasteiger partial charge in [-0.1, -0.05) is 35.4 Å². The van der Waals surface area contributed by atoms with Crippen molar-refractivity contribution in [2.75, 3.05) is 13.1 Å². The average molecular weight is 418 g/mol. The molecule has 7 heteroatoms. The van der Waals surface area contributed by atoms with E-state index >= 15 is 0 Å². The Morgan fingerprint density at radius 3 is 2.48 bits per heavy atom. The first kappa shape index (κ1) is 19.9. The predicted octanol–water partition coefficient (Wildman–Crippen LogP) is 2.01. The van der Waals surface area contributed by atoms with Crippen LogP contribution in [-0.2, 0) is 25.0 Å². The fraction of sp³-hybridized carbons (Fsp3) is 0.417. The molecule has 160 valence electrons. The lowest BCUT2D eigenvalue weighted by Crippen LogP contribution is -2.45. The molecular formula is C24H27N5O2. The number of rotatable bonds is 4. The van der Waals surface area contributed by atoms with E-state index in [0.29, 0.717) is 6.54 Å². The Morgan fingerprint density at radius 2 is 1.74 bits per heavy atom. The molecule has 0 aliphatic carbocycles. The number of aryl methyl sites for hydroxylation is 2.